The van der Waals surface area contributed by atoms with Gasteiger partial charge in [-0.15, -0.1) is 6.58 Å². The molecule has 3 atom stereocenters. The number of carboxylic acids is 1. The van der Waals surface area contributed by atoms with E-state index in [1.54, 1.807) is 0 Å². The molecule has 17 heavy (non-hydrogen) atoms. The van der Waals surface area contributed by atoms with Crippen LogP contribution >= 0.6 is 0 Å². The van der Waals surface area contributed by atoms with Gasteiger partial charge in [-0.3, -0.25) is 4.79 Å². The van der Waals surface area contributed by atoms with Gasteiger partial charge in [-0.05, 0) is 38.0 Å². The highest BCUT2D eigenvalue weighted by molar-refractivity contribution is 5.62. The van der Waals surface area contributed by atoms with Crippen LogP contribution in [0.25, 0.3) is 0 Å². The van der Waals surface area contributed by atoms with Gasteiger partial charge >= 0.3 is 0 Å². The summed E-state index contributed by atoms with van der Waals surface area (Å²) in [7, 11) is 0. The van der Waals surface area contributed by atoms with E-state index in [0.717, 1.165) is 26.2 Å². The third kappa shape index (κ3) is 6.95. The van der Waals surface area contributed by atoms with Crippen LogP contribution in [-0.4, -0.2) is 22.3 Å². The largest absolute Gasteiger partial charge is 0.481 e. The number of hydrogen-bond donors (Lipinski definition) is 2. The average Bonchev–Trinajstić information content (AvgIpc) is 2.16. The molecule has 0 radical (unpaired) electrons. The lowest BCUT2D eigenvalue weighted by Gasteiger charge is -2.30. The van der Waals surface area contributed by atoms with E-state index in [1.165, 1.54) is 5.57 Å². The SMILES string of the molecule is C=CCC(O)C1CCC(C)=CC1C.CC(=O)O. The summed E-state index contributed by atoms with van der Waals surface area (Å²) >= 11 is 0. The minimum absolute atomic E-state index is 0.197. The summed E-state index contributed by atoms with van der Waals surface area (Å²) in [5, 5.41) is 17.2. The molecule has 0 aromatic heterocycles. The van der Waals surface area contributed by atoms with Crippen LogP contribution in [0.4, 0.5) is 0 Å². The summed E-state index contributed by atoms with van der Waals surface area (Å²) in [5.74, 6) is 0.116. The fraction of sp³-hybridized carbons (Fsp3) is 0.643. The first-order valence-electron chi connectivity index (χ1n) is 6.04. The zero-order chi connectivity index (χ0) is 13.4. The Hall–Kier alpha value is -1.09. The zero-order valence-corrected chi connectivity index (χ0v) is 11.0. The van der Waals surface area contributed by atoms with Crippen molar-refractivity contribution >= 4 is 5.97 Å². The van der Waals surface area contributed by atoms with Gasteiger partial charge in [0.2, 0.25) is 0 Å². The second-order valence-electron chi connectivity index (χ2n) is 4.69. The summed E-state index contributed by atoms with van der Waals surface area (Å²) in [5.41, 5.74) is 1.47. The average molecular weight is 240 g/mol. The number of aliphatic hydroxyl groups excluding tert-OH is 1. The van der Waals surface area contributed by atoms with Crippen molar-refractivity contribution in [3.8, 4) is 0 Å². The Morgan fingerprint density at radius 1 is 1.71 bits per heavy atom. The predicted octanol–water partition coefficient (Wildman–Crippen LogP) is 3.01. The van der Waals surface area contributed by atoms with Crippen molar-refractivity contribution in [3.63, 3.8) is 0 Å². The Labute approximate surface area is 104 Å². The number of carbonyl (C=O) groups is 1. The van der Waals surface area contributed by atoms with E-state index in [9.17, 15) is 5.11 Å². The summed E-state index contributed by atoms with van der Waals surface area (Å²) in [6.45, 7) is 9.11. The Kier molecular flexibility index (Phi) is 7.55. The fourth-order valence-corrected chi connectivity index (χ4v) is 2.20. The lowest BCUT2D eigenvalue weighted by Crippen LogP contribution is -2.27. The molecule has 0 bridgehead atoms. The van der Waals surface area contributed by atoms with E-state index < -0.39 is 5.97 Å². The summed E-state index contributed by atoms with van der Waals surface area (Å²) in [4.78, 5) is 9.00. The molecule has 1 aliphatic rings. The van der Waals surface area contributed by atoms with Gasteiger partial charge in [-0.1, -0.05) is 24.6 Å². The molecule has 0 heterocycles. The number of aliphatic carboxylic acids is 1. The molecule has 2 N–H and O–H groups in total. The minimum Gasteiger partial charge on any atom is -0.481 e. The second-order valence-corrected chi connectivity index (χ2v) is 4.69. The maximum atomic E-state index is 9.83. The molecule has 1 aliphatic carbocycles. The van der Waals surface area contributed by atoms with Gasteiger partial charge in [0, 0.05) is 6.92 Å². The standard InChI is InChI=1S/C12H20O.C2H4O2/c1-4-5-12(13)11-7-6-9(2)8-10(11)3;1-2(3)4/h4,8,10-13H,1,5-7H2,2-3H3;1H3,(H,3,4). The lowest BCUT2D eigenvalue weighted by molar-refractivity contribution is -0.134. The molecule has 0 saturated carbocycles. The lowest BCUT2D eigenvalue weighted by atomic mass is 9.78. The number of aliphatic hydroxyl groups is 1. The highest BCUT2D eigenvalue weighted by atomic mass is 16.4. The second kappa shape index (κ2) is 8.07. The number of allylic oxidation sites excluding steroid dienone is 2. The van der Waals surface area contributed by atoms with Crippen molar-refractivity contribution in [3.05, 3.63) is 24.3 Å². The van der Waals surface area contributed by atoms with Gasteiger partial charge in [0.15, 0.2) is 0 Å². The van der Waals surface area contributed by atoms with Crippen molar-refractivity contribution in [2.45, 2.75) is 46.1 Å². The third-order valence-corrected chi connectivity index (χ3v) is 3.00. The van der Waals surface area contributed by atoms with Gasteiger partial charge in [0.25, 0.3) is 5.97 Å². The molecule has 3 nitrogen and oxygen atoms in total. The Bertz CT molecular complexity index is 277. The normalized spacial score (nSPS) is 25.1. The smallest absolute Gasteiger partial charge is 0.300 e. The topological polar surface area (TPSA) is 57.5 Å². The van der Waals surface area contributed by atoms with Crippen LogP contribution in [-0.2, 0) is 4.79 Å². The molecule has 0 aromatic carbocycles. The monoisotopic (exact) mass is 240 g/mol. The molecule has 3 heteroatoms. The minimum atomic E-state index is -0.833. The first kappa shape index (κ1) is 15.9. The fourth-order valence-electron chi connectivity index (χ4n) is 2.20. The van der Waals surface area contributed by atoms with Gasteiger partial charge in [0.05, 0.1) is 6.10 Å². The van der Waals surface area contributed by atoms with Gasteiger partial charge in [-0.2, -0.15) is 0 Å². The first-order valence-corrected chi connectivity index (χ1v) is 6.04. The molecule has 98 valence electrons. The molecule has 0 amide bonds. The van der Waals surface area contributed by atoms with E-state index in [2.05, 4.69) is 26.5 Å². The number of carboxylic acid groups (broad SMARTS) is 1. The summed E-state index contributed by atoms with van der Waals surface area (Å²) < 4.78 is 0. The Morgan fingerprint density at radius 3 is 2.65 bits per heavy atom. The molecule has 0 aliphatic heterocycles. The van der Waals surface area contributed by atoms with E-state index in [0.29, 0.717) is 11.8 Å². The van der Waals surface area contributed by atoms with Crippen LogP contribution in [0, 0.1) is 11.8 Å². The van der Waals surface area contributed by atoms with E-state index in [-0.39, 0.29) is 6.10 Å². The van der Waals surface area contributed by atoms with E-state index in [4.69, 9.17) is 9.90 Å². The predicted molar refractivity (Wildman–Crippen MR) is 69.8 cm³/mol. The summed E-state index contributed by atoms with van der Waals surface area (Å²) in [6, 6.07) is 0. The Morgan fingerprint density at radius 2 is 2.24 bits per heavy atom. The van der Waals surface area contributed by atoms with Crippen molar-refractivity contribution < 1.29 is 15.0 Å². The van der Waals surface area contributed by atoms with Crippen molar-refractivity contribution in [1.29, 1.82) is 0 Å². The molecule has 1 rings (SSSR count). The van der Waals surface area contributed by atoms with Gasteiger partial charge in [-0.25, -0.2) is 0 Å². The van der Waals surface area contributed by atoms with E-state index >= 15 is 0 Å². The molecule has 0 aromatic rings. The van der Waals surface area contributed by atoms with Crippen LogP contribution in [0.1, 0.15) is 40.0 Å². The van der Waals surface area contributed by atoms with Gasteiger partial charge < -0.3 is 10.2 Å². The summed E-state index contributed by atoms with van der Waals surface area (Å²) in [6.07, 6.45) is 6.89. The third-order valence-electron chi connectivity index (χ3n) is 3.00. The van der Waals surface area contributed by atoms with Gasteiger partial charge in [0.1, 0.15) is 0 Å². The van der Waals surface area contributed by atoms with E-state index in [1.807, 2.05) is 6.08 Å². The highest BCUT2D eigenvalue weighted by Crippen LogP contribution is 2.31. The van der Waals surface area contributed by atoms with Crippen LogP contribution < -0.4 is 0 Å². The van der Waals surface area contributed by atoms with Crippen LogP contribution in [0.5, 0.6) is 0 Å². The van der Waals surface area contributed by atoms with Crippen LogP contribution in [0.2, 0.25) is 0 Å². The first-order chi connectivity index (χ1) is 7.88. The molecular weight excluding hydrogens is 216 g/mol. The quantitative estimate of drug-likeness (QED) is 0.745. The van der Waals surface area contributed by atoms with Crippen molar-refractivity contribution in [1.82, 2.24) is 0 Å². The van der Waals surface area contributed by atoms with Crippen molar-refractivity contribution in [2.24, 2.45) is 11.8 Å². The molecule has 0 fully saturated rings. The maximum absolute atomic E-state index is 9.83. The van der Waals surface area contributed by atoms with Crippen LogP contribution in [0.3, 0.4) is 0 Å². The highest BCUT2D eigenvalue weighted by Gasteiger charge is 2.25. The molecule has 0 spiro atoms. The molecule has 3 unspecified atom stereocenters. The number of rotatable bonds is 3. The molecular formula is C14H24O3. The van der Waals surface area contributed by atoms with Crippen LogP contribution in [0.15, 0.2) is 24.3 Å². The van der Waals surface area contributed by atoms with Crippen molar-refractivity contribution in [2.75, 3.05) is 0 Å². The maximum Gasteiger partial charge on any atom is 0.300 e. The zero-order valence-electron chi connectivity index (χ0n) is 11.0. The molecule has 0 saturated heterocycles. The Balaban J connectivity index is 0.000000557. The number of hydrogen-bond acceptors (Lipinski definition) is 2.